The molecule has 1 aromatic heterocycles. The SMILES string of the molecule is CCCc1c(C(=O)OCC(N)=O)nnn1-c1cccc(Cl)c1. The lowest BCUT2D eigenvalue weighted by molar-refractivity contribution is -0.121. The smallest absolute Gasteiger partial charge is 0.361 e. The number of esters is 1. The van der Waals surface area contributed by atoms with E-state index in [-0.39, 0.29) is 5.69 Å². The van der Waals surface area contributed by atoms with Crippen LogP contribution in [0.25, 0.3) is 5.69 Å². The van der Waals surface area contributed by atoms with E-state index < -0.39 is 18.5 Å². The van der Waals surface area contributed by atoms with Gasteiger partial charge >= 0.3 is 5.97 Å². The summed E-state index contributed by atoms with van der Waals surface area (Å²) in [6.45, 7) is 1.47. The van der Waals surface area contributed by atoms with Gasteiger partial charge in [0.15, 0.2) is 12.3 Å². The first-order valence-corrected chi connectivity index (χ1v) is 7.06. The number of carbonyl (C=O) groups excluding carboxylic acids is 2. The number of aromatic nitrogens is 3. The van der Waals surface area contributed by atoms with Crippen LogP contribution in [0.2, 0.25) is 5.02 Å². The number of amides is 1. The molecule has 1 amide bonds. The van der Waals surface area contributed by atoms with E-state index in [9.17, 15) is 9.59 Å². The molecule has 0 unspecified atom stereocenters. The number of nitrogens with zero attached hydrogens (tertiary/aromatic N) is 3. The van der Waals surface area contributed by atoms with Gasteiger partial charge in [0.1, 0.15) is 0 Å². The zero-order chi connectivity index (χ0) is 16.1. The van der Waals surface area contributed by atoms with Crippen LogP contribution in [-0.2, 0) is 16.0 Å². The van der Waals surface area contributed by atoms with E-state index in [2.05, 4.69) is 10.3 Å². The van der Waals surface area contributed by atoms with Crippen molar-refractivity contribution < 1.29 is 14.3 Å². The number of hydrogen-bond acceptors (Lipinski definition) is 5. The summed E-state index contributed by atoms with van der Waals surface area (Å²) in [6.07, 6.45) is 1.35. The molecule has 0 bridgehead atoms. The Hall–Kier alpha value is -2.41. The molecule has 0 saturated heterocycles. The zero-order valence-electron chi connectivity index (χ0n) is 12.0. The monoisotopic (exact) mass is 322 g/mol. The fraction of sp³-hybridized carbons (Fsp3) is 0.286. The summed E-state index contributed by atoms with van der Waals surface area (Å²) in [4.78, 5) is 22.7. The van der Waals surface area contributed by atoms with Gasteiger partial charge in [0, 0.05) is 5.02 Å². The second kappa shape index (κ2) is 7.04. The average Bonchev–Trinajstić information content (AvgIpc) is 2.89. The largest absolute Gasteiger partial charge is 0.451 e. The third kappa shape index (κ3) is 3.62. The molecule has 22 heavy (non-hydrogen) atoms. The first-order valence-electron chi connectivity index (χ1n) is 6.69. The Bertz CT molecular complexity index is 699. The second-order valence-corrected chi connectivity index (χ2v) is 5.01. The molecule has 0 aliphatic rings. The van der Waals surface area contributed by atoms with Crippen molar-refractivity contribution in [1.29, 1.82) is 0 Å². The number of carbonyl (C=O) groups is 2. The standard InChI is InChI=1S/C14H15ClN4O3/c1-2-4-11-13(14(21)22-8-12(16)20)17-18-19(11)10-6-3-5-9(15)7-10/h3,5-7H,2,4,8H2,1H3,(H2,16,20). The predicted molar refractivity (Wildman–Crippen MR) is 79.8 cm³/mol. The third-order valence-electron chi connectivity index (χ3n) is 2.84. The van der Waals surface area contributed by atoms with Gasteiger partial charge in [-0.15, -0.1) is 5.10 Å². The summed E-state index contributed by atoms with van der Waals surface area (Å²) in [5.74, 6) is -1.46. The second-order valence-electron chi connectivity index (χ2n) is 4.57. The highest BCUT2D eigenvalue weighted by Gasteiger charge is 2.21. The van der Waals surface area contributed by atoms with Crippen LogP contribution < -0.4 is 5.73 Å². The summed E-state index contributed by atoms with van der Waals surface area (Å²) in [6, 6.07) is 7.04. The maximum absolute atomic E-state index is 12.0. The first-order chi connectivity index (χ1) is 10.5. The lowest BCUT2D eigenvalue weighted by Crippen LogP contribution is -2.21. The Kier molecular flexibility index (Phi) is 5.11. The van der Waals surface area contributed by atoms with Gasteiger partial charge in [-0.2, -0.15) is 0 Å². The van der Waals surface area contributed by atoms with Gasteiger partial charge in [0.25, 0.3) is 5.91 Å². The summed E-state index contributed by atoms with van der Waals surface area (Å²) in [5.41, 5.74) is 6.32. The van der Waals surface area contributed by atoms with Gasteiger partial charge in [0.2, 0.25) is 0 Å². The lowest BCUT2D eigenvalue weighted by atomic mass is 10.2. The van der Waals surface area contributed by atoms with Crippen molar-refractivity contribution in [2.75, 3.05) is 6.61 Å². The van der Waals surface area contributed by atoms with E-state index in [4.69, 9.17) is 22.1 Å². The topological polar surface area (TPSA) is 100 Å². The van der Waals surface area contributed by atoms with E-state index in [0.29, 0.717) is 22.8 Å². The Morgan fingerprint density at radius 1 is 1.41 bits per heavy atom. The van der Waals surface area contributed by atoms with E-state index in [1.165, 1.54) is 4.68 Å². The van der Waals surface area contributed by atoms with Crippen LogP contribution in [0.4, 0.5) is 0 Å². The highest BCUT2D eigenvalue weighted by Crippen LogP contribution is 2.19. The van der Waals surface area contributed by atoms with Crippen molar-refractivity contribution in [3.8, 4) is 5.69 Å². The summed E-state index contributed by atoms with van der Waals surface area (Å²) in [5, 5.41) is 8.40. The molecule has 0 aliphatic carbocycles. The molecule has 116 valence electrons. The van der Waals surface area contributed by atoms with Gasteiger partial charge in [-0.25, -0.2) is 9.48 Å². The molecule has 1 aromatic carbocycles. The van der Waals surface area contributed by atoms with Gasteiger partial charge < -0.3 is 10.5 Å². The molecule has 2 aromatic rings. The molecule has 2 rings (SSSR count). The van der Waals surface area contributed by atoms with Gasteiger partial charge in [-0.05, 0) is 24.6 Å². The lowest BCUT2D eigenvalue weighted by Gasteiger charge is -2.07. The van der Waals surface area contributed by atoms with Crippen molar-refractivity contribution in [2.24, 2.45) is 5.73 Å². The minimum absolute atomic E-state index is 0.0723. The third-order valence-corrected chi connectivity index (χ3v) is 3.08. The van der Waals surface area contributed by atoms with Crippen LogP contribution in [0.3, 0.4) is 0 Å². The van der Waals surface area contributed by atoms with Crippen LogP contribution in [0.1, 0.15) is 29.5 Å². The fourth-order valence-corrected chi connectivity index (χ4v) is 2.13. The minimum atomic E-state index is -0.729. The van der Waals surface area contributed by atoms with Gasteiger partial charge in [-0.3, -0.25) is 4.79 Å². The normalized spacial score (nSPS) is 10.5. The predicted octanol–water partition coefficient (Wildman–Crippen LogP) is 1.52. The summed E-state index contributed by atoms with van der Waals surface area (Å²) >= 11 is 5.97. The Morgan fingerprint density at radius 3 is 2.82 bits per heavy atom. The Morgan fingerprint density at radius 2 is 2.18 bits per heavy atom. The molecule has 2 N–H and O–H groups in total. The number of nitrogens with two attached hydrogens (primary N) is 1. The molecule has 0 fully saturated rings. The maximum atomic E-state index is 12.0. The number of halogens is 1. The van der Waals surface area contributed by atoms with Gasteiger partial charge in [-0.1, -0.05) is 36.2 Å². The number of ether oxygens (including phenoxy) is 1. The van der Waals surface area contributed by atoms with Crippen LogP contribution in [0.15, 0.2) is 24.3 Å². The molecular weight excluding hydrogens is 308 g/mol. The summed E-state index contributed by atoms with van der Waals surface area (Å²) < 4.78 is 6.33. The number of hydrogen-bond donors (Lipinski definition) is 1. The molecule has 7 nitrogen and oxygen atoms in total. The van der Waals surface area contributed by atoms with Crippen molar-refractivity contribution in [3.05, 3.63) is 40.7 Å². The first kappa shape index (κ1) is 16.0. The molecular formula is C14H15ClN4O3. The molecule has 0 saturated carbocycles. The van der Waals surface area contributed by atoms with Gasteiger partial charge in [0.05, 0.1) is 11.4 Å². The maximum Gasteiger partial charge on any atom is 0.361 e. The quantitative estimate of drug-likeness (QED) is 0.813. The van der Waals surface area contributed by atoms with E-state index in [1.54, 1.807) is 24.3 Å². The Labute approximate surface area is 132 Å². The Balaban J connectivity index is 2.36. The van der Waals surface area contributed by atoms with Crippen molar-refractivity contribution in [3.63, 3.8) is 0 Å². The highest BCUT2D eigenvalue weighted by atomic mass is 35.5. The number of primary amides is 1. The molecule has 0 atom stereocenters. The van der Waals surface area contributed by atoms with Crippen LogP contribution in [0.5, 0.6) is 0 Å². The molecule has 1 heterocycles. The molecule has 0 radical (unpaired) electrons. The van der Waals surface area contributed by atoms with Crippen LogP contribution >= 0.6 is 11.6 Å². The van der Waals surface area contributed by atoms with E-state index in [0.717, 1.165) is 6.42 Å². The van der Waals surface area contributed by atoms with Crippen LogP contribution in [-0.4, -0.2) is 33.5 Å². The zero-order valence-corrected chi connectivity index (χ0v) is 12.7. The molecule has 0 aliphatic heterocycles. The molecule has 8 heteroatoms. The number of rotatable bonds is 6. The van der Waals surface area contributed by atoms with Crippen molar-refractivity contribution in [1.82, 2.24) is 15.0 Å². The van der Waals surface area contributed by atoms with E-state index >= 15 is 0 Å². The minimum Gasteiger partial charge on any atom is -0.451 e. The van der Waals surface area contributed by atoms with E-state index in [1.807, 2.05) is 6.92 Å². The van der Waals surface area contributed by atoms with Crippen molar-refractivity contribution in [2.45, 2.75) is 19.8 Å². The average molecular weight is 323 g/mol. The highest BCUT2D eigenvalue weighted by molar-refractivity contribution is 6.30. The molecule has 0 spiro atoms. The fourth-order valence-electron chi connectivity index (χ4n) is 1.94. The van der Waals surface area contributed by atoms with Crippen molar-refractivity contribution >= 4 is 23.5 Å². The summed E-state index contributed by atoms with van der Waals surface area (Å²) in [7, 11) is 0. The van der Waals surface area contributed by atoms with Crippen LogP contribution in [0, 0.1) is 0 Å². The number of benzene rings is 1.